The van der Waals surface area contributed by atoms with Gasteiger partial charge >= 0.3 is 0 Å². The van der Waals surface area contributed by atoms with Crippen molar-refractivity contribution in [2.24, 2.45) is 0 Å². The Hall–Kier alpha value is -2.50. The van der Waals surface area contributed by atoms with Crippen LogP contribution in [0, 0.1) is 11.6 Å². The SMILES string of the molecule is COc1ccc([C@@H](C)NC(=O)Cc2ccc(F)cn2)cc1F. The van der Waals surface area contributed by atoms with Crippen LogP contribution < -0.4 is 10.1 Å². The van der Waals surface area contributed by atoms with Crippen molar-refractivity contribution < 1.29 is 18.3 Å². The lowest BCUT2D eigenvalue weighted by molar-refractivity contribution is -0.121. The van der Waals surface area contributed by atoms with Crippen molar-refractivity contribution in [2.75, 3.05) is 7.11 Å². The molecule has 0 saturated carbocycles. The van der Waals surface area contributed by atoms with Gasteiger partial charge in [0, 0.05) is 5.69 Å². The van der Waals surface area contributed by atoms with Crippen LogP contribution in [0.1, 0.15) is 24.2 Å². The summed E-state index contributed by atoms with van der Waals surface area (Å²) in [6.07, 6.45) is 1.09. The van der Waals surface area contributed by atoms with E-state index in [9.17, 15) is 13.6 Å². The van der Waals surface area contributed by atoms with E-state index in [0.29, 0.717) is 11.3 Å². The first-order valence-electron chi connectivity index (χ1n) is 6.73. The van der Waals surface area contributed by atoms with Gasteiger partial charge in [0.2, 0.25) is 5.91 Å². The van der Waals surface area contributed by atoms with Gasteiger partial charge in [-0.2, -0.15) is 0 Å². The molecule has 1 aromatic heterocycles. The van der Waals surface area contributed by atoms with Crippen LogP contribution in [-0.2, 0) is 11.2 Å². The summed E-state index contributed by atoms with van der Waals surface area (Å²) in [4.78, 5) is 15.7. The first kappa shape index (κ1) is 15.9. The van der Waals surface area contributed by atoms with Gasteiger partial charge in [-0.05, 0) is 36.8 Å². The van der Waals surface area contributed by atoms with Crippen molar-refractivity contribution in [1.82, 2.24) is 10.3 Å². The molecule has 0 fully saturated rings. The Kier molecular flexibility index (Phi) is 5.04. The van der Waals surface area contributed by atoms with Crippen LogP contribution >= 0.6 is 0 Å². The van der Waals surface area contributed by atoms with Gasteiger partial charge in [-0.1, -0.05) is 6.07 Å². The maximum absolute atomic E-state index is 13.6. The predicted octanol–water partition coefficient (Wildman–Crippen LogP) is 2.79. The molecule has 0 bridgehead atoms. The first-order chi connectivity index (χ1) is 10.5. The smallest absolute Gasteiger partial charge is 0.226 e. The molecular formula is C16H16F2N2O2. The standard InChI is InChI=1S/C16H16F2N2O2/c1-10(11-3-6-15(22-2)14(18)7-11)20-16(21)8-13-5-4-12(17)9-19-13/h3-7,9-10H,8H2,1-2H3,(H,20,21)/t10-/m1/s1. The summed E-state index contributed by atoms with van der Waals surface area (Å²) in [5, 5.41) is 2.74. The Morgan fingerprint density at radius 1 is 1.32 bits per heavy atom. The van der Waals surface area contributed by atoms with Crippen molar-refractivity contribution in [1.29, 1.82) is 0 Å². The van der Waals surface area contributed by atoms with Crippen molar-refractivity contribution in [3.05, 3.63) is 59.4 Å². The second-order valence-corrected chi connectivity index (χ2v) is 4.83. The number of nitrogens with one attached hydrogen (secondary N) is 1. The third-order valence-electron chi connectivity index (χ3n) is 3.18. The molecule has 0 aliphatic carbocycles. The Labute approximate surface area is 127 Å². The van der Waals surface area contributed by atoms with Crippen LogP contribution in [0.5, 0.6) is 5.75 Å². The molecule has 0 unspecified atom stereocenters. The topological polar surface area (TPSA) is 51.2 Å². The molecule has 22 heavy (non-hydrogen) atoms. The van der Waals surface area contributed by atoms with Gasteiger partial charge in [0.05, 0.1) is 25.8 Å². The predicted molar refractivity (Wildman–Crippen MR) is 77.4 cm³/mol. The molecule has 0 radical (unpaired) electrons. The Balaban J connectivity index is 1.98. The molecule has 1 heterocycles. The summed E-state index contributed by atoms with van der Waals surface area (Å²) in [5.74, 6) is -1.06. The van der Waals surface area contributed by atoms with Gasteiger partial charge in [-0.15, -0.1) is 0 Å². The van der Waals surface area contributed by atoms with Gasteiger partial charge in [0.1, 0.15) is 5.82 Å². The van der Waals surface area contributed by atoms with Gasteiger partial charge in [-0.3, -0.25) is 9.78 Å². The van der Waals surface area contributed by atoms with Crippen LogP contribution in [0.25, 0.3) is 0 Å². The van der Waals surface area contributed by atoms with Crippen LogP contribution in [0.2, 0.25) is 0 Å². The summed E-state index contributed by atoms with van der Waals surface area (Å²) in [5.41, 5.74) is 1.09. The second-order valence-electron chi connectivity index (χ2n) is 4.83. The average molecular weight is 306 g/mol. The summed E-state index contributed by atoms with van der Waals surface area (Å²) in [6.45, 7) is 1.75. The zero-order valence-corrected chi connectivity index (χ0v) is 12.3. The van der Waals surface area contributed by atoms with E-state index in [1.165, 1.54) is 31.4 Å². The molecule has 1 amide bonds. The number of benzene rings is 1. The number of carbonyl (C=O) groups excluding carboxylic acids is 1. The van der Waals surface area contributed by atoms with E-state index in [1.807, 2.05) is 0 Å². The van der Waals surface area contributed by atoms with E-state index in [1.54, 1.807) is 13.0 Å². The maximum Gasteiger partial charge on any atom is 0.226 e. The van der Waals surface area contributed by atoms with Crippen molar-refractivity contribution >= 4 is 5.91 Å². The van der Waals surface area contributed by atoms with Crippen LogP contribution in [0.15, 0.2) is 36.5 Å². The van der Waals surface area contributed by atoms with Gasteiger partial charge < -0.3 is 10.1 Å². The van der Waals surface area contributed by atoms with Crippen LogP contribution in [0.3, 0.4) is 0 Å². The molecule has 2 aromatic rings. The molecule has 2 rings (SSSR count). The third-order valence-corrected chi connectivity index (χ3v) is 3.18. The number of hydrogen-bond donors (Lipinski definition) is 1. The van der Waals surface area contributed by atoms with Crippen molar-refractivity contribution in [3.63, 3.8) is 0 Å². The third kappa shape index (κ3) is 4.00. The number of carbonyl (C=O) groups is 1. The molecule has 0 spiro atoms. The fraction of sp³-hybridized carbons (Fsp3) is 0.250. The van der Waals surface area contributed by atoms with E-state index < -0.39 is 11.6 Å². The normalized spacial score (nSPS) is 11.8. The highest BCUT2D eigenvalue weighted by molar-refractivity contribution is 5.78. The highest BCUT2D eigenvalue weighted by atomic mass is 19.1. The Bertz CT molecular complexity index is 660. The molecule has 1 N–H and O–H groups in total. The first-order valence-corrected chi connectivity index (χ1v) is 6.73. The molecule has 1 atom stereocenters. The molecular weight excluding hydrogens is 290 g/mol. The molecule has 4 nitrogen and oxygen atoms in total. The van der Waals surface area contributed by atoms with Crippen molar-refractivity contribution in [2.45, 2.75) is 19.4 Å². The summed E-state index contributed by atoms with van der Waals surface area (Å²) in [6, 6.07) is 6.84. The minimum absolute atomic E-state index is 0.0310. The number of hydrogen-bond acceptors (Lipinski definition) is 3. The zero-order chi connectivity index (χ0) is 16.1. The lowest BCUT2D eigenvalue weighted by Crippen LogP contribution is -2.28. The zero-order valence-electron chi connectivity index (χ0n) is 12.3. The number of aromatic nitrogens is 1. The largest absolute Gasteiger partial charge is 0.494 e. The van der Waals surface area contributed by atoms with E-state index in [4.69, 9.17) is 4.74 Å². The molecule has 0 aliphatic rings. The van der Waals surface area contributed by atoms with Crippen LogP contribution in [-0.4, -0.2) is 18.0 Å². The Morgan fingerprint density at radius 2 is 2.09 bits per heavy atom. The number of amides is 1. The lowest BCUT2D eigenvalue weighted by atomic mass is 10.1. The van der Waals surface area contributed by atoms with E-state index >= 15 is 0 Å². The average Bonchev–Trinajstić information content (AvgIpc) is 2.49. The van der Waals surface area contributed by atoms with Crippen molar-refractivity contribution in [3.8, 4) is 5.75 Å². The van der Waals surface area contributed by atoms with Crippen LogP contribution in [0.4, 0.5) is 8.78 Å². The number of pyridine rings is 1. The minimum atomic E-state index is -0.485. The Morgan fingerprint density at radius 3 is 2.68 bits per heavy atom. The monoisotopic (exact) mass is 306 g/mol. The number of halogens is 2. The number of rotatable bonds is 5. The van der Waals surface area contributed by atoms with Gasteiger partial charge in [-0.25, -0.2) is 8.78 Å². The summed E-state index contributed by atoms with van der Waals surface area (Å²) < 4.78 is 31.2. The molecule has 6 heteroatoms. The summed E-state index contributed by atoms with van der Waals surface area (Å²) in [7, 11) is 1.39. The van der Waals surface area contributed by atoms with Gasteiger partial charge in [0.15, 0.2) is 11.6 Å². The fourth-order valence-electron chi connectivity index (χ4n) is 2.00. The molecule has 116 valence electrons. The van der Waals surface area contributed by atoms with E-state index in [2.05, 4.69) is 10.3 Å². The summed E-state index contributed by atoms with van der Waals surface area (Å²) >= 11 is 0. The quantitative estimate of drug-likeness (QED) is 0.924. The molecule has 1 aromatic carbocycles. The number of nitrogens with zero attached hydrogens (tertiary/aromatic N) is 1. The second kappa shape index (κ2) is 6.98. The van der Waals surface area contributed by atoms with E-state index in [-0.39, 0.29) is 24.1 Å². The molecule has 0 aliphatic heterocycles. The highest BCUT2D eigenvalue weighted by Gasteiger charge is 2.13. The number of methoxy groups -OCH3 is 1. The molecule has 0 saturated heterocycles. The number of ether oxygens (including phenoxy) is 1. The maximum atomic E-state index is 13.6. The van der Waals surface area contributed by atoms with Gasteiger partial charge in [0.25, 0.3) is 0 Å². The van der Waals surface area contributed by atoms with E-state index in [0.717, 1.165) is 6.20 Å². The lowest BCUT2D eigenvalue weighted by Gasteiger charge is -2.15. The fourth-order valence-corrected chi connectivity index (χ4v) is 2.00. The minimum Gasteiger partial charge on any atom is -0.494 e. The highest BCUT2D eigenvalue weighted by Crippen LogP contribution is 2.21.